The van der Waals surface area contributed by atoms with E-state index in [1.807, 2.05) is 31.2 Å². The molecule has 1 amide bonds. The molecule has 0 saturated carbocycles. The predicted octanol–water partition coefficient (Wildman–Crippen LogP) is 4.60. The van der Waals surface area contributed by atoms with Gasteiger partial charge in [0, 0.05) is 11.1 Å². The third kappa shape index (κ3) is 3.38. The maximum Gasteiger partial charge on any atom is 0.241 e. The molecule has 0 bridgehead atoms. The van der Waals surface area contributed by atoms with Crippen molar-refractivity contribution in [3.8, 4) is 11.5 Å². The van der Waals surface area contributed by atoms with Crippen LogP contribution in [0.15, 0.2) is 54.6 Å². The number of carbonyl (C=O) groups is 1. The van der Waals surface area contributed by atoms with Gasteiger partial charge in [-0.05, 0) is 54.8 Å². The van der Waals surface area contributed by atoms with Gasteiger partial charge < -0.3 is 19.7 Å². The molecular formula is C26H30N2O3. The van der Waals surface area contributed by atoms with Gasteiger partial charge in [0.05, 0.1) is 13.7 Å². The van der Waals surface area contributed by atoms with E-state index in [0.29, 0.717) is 24.7 Å². The van der Waals surface area contributed by atoms with Gasteiger partial charge in [-0.3, -0.25) is 4.79 Å². The fraction of sp³-hybridized carbons (Fsp3) is 0.346. The number of carbonyl (C=O) groups excluding carboxylic acids is 1. The molecule has 1 fully saturated rings. The van der Waals surface area contributed by atoms with Crippen molar-refractivity contribution >= 4 is 17.7 Å². The van der Waals surface area contributed by atoms with Crippen molar-refractivity contribution < 1.29 is 14.3 Å². The predicted molar refractivity (Wildman–Crippen MR) is 125 cm³/mol. The standard InChI is InChI=1S/C26H30N2O3/c1-17(2)16-31-22-10-8-19(14-23(22)30-6)11-12-26-25(4,5)20-13-18(3)7-9-21(20)28(26)15-24(29)27-26/h7-14H,1,15-16H2,2-6H3,(H,27,29)/b12-11+. The smallest absolute Gasteiger partial charge is 0.241 e. The Morgan fingerprint density at radius 2 is 2.00 bits per heavy atom. The second-order valence-corrected chi connectivity index (χ2v) is 9.04. The molecule has 1 atom stereocenters. The number of hydrogen-bond acceptors (Lipinski definition) is 4. The zero-order chi connectivity index (χ0) is 22.4. The second kappa shape index (κ2) is 7.49. The Morgan fingerprint density at radius 1 is 1.23 bits per heavy atom. The number of benzene rings is 2. The van der Waals surface area contributed by atoms with Crippen LogP contribution < -0.4 is 19.7 Å². The first kappa shape index (κ1) is 21.0. The molecule has 0 aliphatic carbocycles. The Kier molecular flexibility index (Phi) is 5.08. The van der Waals surface area contributed by atoms with E-state index >= 15 is 0 Å². The first-order valence-electron chi connectivity index (χ1n) is 10.5. The lowest BCUT2D eigenvalue weighted by Gasteiger charge is -2.40. The molecule has 2 heterocycles. The van der Waals surface area contributed by atoms with Crippen LogP contribution in [0.4, 0.5) is 5.69 Å². The van der Waals surface area contributed by atoms with E-state index in [1.54, 1.807) is 7.11 Å². The van der Waals surface area contributed by atoms with E-state index in [0.717, 1.165) is 16.8 Å². The molecule has 0 radical (unpaired) electrons. The van der Waals surface area contributed by atoms with Crippen LogP contribution in [0.5, 0.6) is 11.5 Å². The highest BCUT2D eigenvalue weighted by Crippen LogP contribution is 2.53. The fourth-order valence-electron chi connectivity index (χ4n) is 4.61. The number of nitrogens with one attached hydrogen (secondary N) is 1. The number of fused-ring (bicyclic) bond motifs is 3. The molecule has 1 unspecified atom stereocenters. The SMILES string of the molecule is C=C(C)COc1ccc(/C=C/C23NC(=O)CN2c2ccc(C)cc2C3(C)C)cc1OC. The first-order valence-corrected chi connectivity index (χ1v) is 10.5. The number of amides is 1. The Hall–Kier alpha value is -3.21. The Balaban J connectivity index is 1.71. The van der Waals surface area contributed by atoms with Crippen LogP contribution in [-0.2, 0) is 10.2 Å². The molecule has 2 aromatic carbocycles. The lowest BCUT2D eigenvalue weighted by atomic mass is 9.75. The highest BCUT2D eigenvalue weighted by Gasteiger charge is 2.59. The maximum absolute atomic E-state index is 12.5. The third-order valence-electron chi connectivity index (χ3n) is 6.31. The Labute approximate surface area is 184 Å². The number of rotatable bonds is 6. The molecule has 1 saturated heterocycles. The summed E-state index contributed by atoms with van der Waals surface area (Å²) in [5, 5.41) is 3.26. The minimum atomic E-state index is -0.622. The zero-order valence-corrected chi connectivity index (χ0v) is 18.9. The number of anilines is 1. The Morgan fingerprint density at radius 3 is 2.71 bits per heavy atom. The van der Waals surface area contributed by atoms with Crippen molar-refractivity contribution in [2.45, 2.75) is 38.8 Å². The topological polar surface area (TPSA) is 50.8 Å². The van der Waals surface area contributed by atoms with Gasteiger partial charge in [0.2, 0.25) is 5.91 Å². The van der Waals surface area contributed by atoms with Crippen LogP contribution in [0.25, 0.3) is 6.08 Å². The van der Waals surface area contributed by atoms with Gasteiger partial charge in [0.15, 0.2) is 11.5 Å². The number of methoxy groups -OCH3 is 1. The van der Waals surface area contributed by atoms with Crippen molar-refractivity contribution in [1.82, 2.24) is 5.32 Å². The van der Waals surface area contributed by atoms with Crippen LogP contribution >= 0.6 is 0 Å². The molecule has 0 spiro atoms. The van der Waals surface area contributed by atoms with Crippen molar-refractivity contribution in [3.63, 3.8) is 0 Å². The van der Waals surface area contributed by atoms with Gasteiger partial charge >= 0.3 is 0 Å². The maximum atomic E-state index is 12.5. The summed E-state index contributed by atoms with van der Waals surface area (Å²) in [6.07, 6.45) is 4.15. The molecule has 31 heavy (non-hydrogen) atoms. The third-order valence-corrected chi connectivity index (χ3v) is 6.31. The van der Waals surface area contributed by atoms with Crippen molar-refractivity contribution in [3.05, 3.63) is 71.3 Å². The minimum absolute atomic E-state index is 0.0325. The number of aryl methyl sites for hydroxylation is 1. The molecule has 2 aliphatic rings. The summed E-state index contributed by atoms with van der Waals surface area (Å²) in [6, 6.07) is 12.3. The van der Waals surface area contributed by atoms with Gasteiger partial charge in [-0.2, -0.15) is 0 Å². The molecule has 0 aromatic heterocycles. The van der Waals surface area contributed by atoms with Gasteiger partial charge in [0.1, 0.15) is 12.3 Å². The number of nitrogens with zero attached hydrogens (tertiary/aromatic N) is 1. The van der Waals surface area contributed by atoms with Crippen molar-refractivity contribution in [2.24, 2.45) is 0 Å². The van der Waals surface area contributed by atoms with Crippen molar-refractivity contribution in [2.75, 3.05) is 25.2 Å². The van der Waals surface area contributed by atoms with Gasteiger partial charge in [-0.1, -0.05) is 50.3 Å². The molecule has 4 rings (SSSR count). The van der Waals surface area contributed by atoms with Crippen LogP contribution in [0, 0.1) is 6.92 Å². The van der Waals surface area contributed by atoms with E-state index in [-0.39, 0.29) is 11.3 Å². The van der Waals surface area contributed by atoms with Gasteiger partial charge in [-0.25, -0.2) is 0 Å². The van der Waals surface area contributed by atoms with E-state index < -0.39 is 5.66 Å². The zero-order valence-electron chi connectivity index (χ0n) is 18.9. The van der Waals surface area contributed by atoms with E-state index in [9.17, 15) is 4.79 Å². The lowest BCUT2D eigenvalue weighted by molar-refractivity contribution is -0.118. The summed E-state index contributed by atoms with van der Waals surface area (Å²) >= 11 is 0. The van der Waals surface area contributed by atoms with Crippen molar-refractivity contribution in [1.29, 1.82) is 0 Å². The van der Waals surface area contributed by atoms with Gasteiger partial charge in [0.25, 0.3) is 0 Å². The summed E-state index contributed by atoms with van der Waals surface area (Å²) in [6.45, 7) is 13.1. The Bertz CT molecular complexity index is 1090. The molecule has 5 nitrogen and oxygen atoms in total. The average Bonchev–Trinajstić information content (AvgIpc) is 3.15. The van der Waals surface area contributed by atoms with Crippen LogP contribution in [-0.4, -0.2) is 31.8 Å². The minimum Gasteiger partial charge on any atom is -0.493 e. The molecule has 2 aromatic rings. The summed E-state index contributed by atoms with van der Waals surface area (Å²) < 4.78 is 11.3. The van der Waals surface area contributed by atoms with Crippen LogP contribution in [0.3, 0.4) is 0 Å². The summed E-state index contributed by atoms with van der Waals surface area (Å²) in [7, 11) is 1.63. The van der Waals surface area contributed by atoms with Crippen LogP contribution in [0.1, 0.15) is 37.5 Å². The normalized spacial score (nSPS) is 21.1. The quantitative estimate of drug-likeness (QED) is 0.697. The van der Waals surface area contributed by atoms with Crippen LogP contribution in [0.2, 0.25) is 0 Å². The number of hydrogen-bond donors (Lipinski definition) is 1. The molecule has 162 valence electrons. The fourth-order valence-corrected chi connectivity index (χ4v) is 4.61. The highest BCUT2D eigenvalue weighted by molar-refractivity contribution is 5.91. The van der Waals surface area contributed by atoms with E-state index in [2.05, 4.69) is 61.8 Å². The average molecular weight is 419 g/mol. The largest absolute Gasteiger partial charge is 0.493 e. The summed E-state index contributed by atoms with van der Waals surface area (Å²) in [4.78, 5) is 14.7. The lowest BCUT2D eigenvalue weighted by Crippen LogP contribution is -2.58. The molecule has 5 heteroatoms. The summed E-state index contributed by atoms with van der Waals surface area (Å²) in [5.41, 5.74) is 4.57. The molecular weight excluding hydrogens is 388 g/mol. The molecule has 2 aliphatic heterocycles. The molecule has 1 N–H and O–H groups in total. The summed E-state index contributed by atoms with van der Waals surface area (Å²) in [5.74, 6) is 1.38. The first-order chi connectivity index (χ1) is 14.7. The highest BCUT2D eigenvalue weighted by atomic mass is 16.5. The number of ether oxygens (including phenoxy) is 2. The van der Waals surface area contributed by atoms with E-state index in [4.69, 9.17) is 9.47 Å². The van der Waals surface area contributed by atoms with E-state index in [1.165, 1.54) is 11.1 Å². The van der Waals surface area contributed by atoms with Gasteiger partial charge in [-0.15, -0.1) is 0 Å². The second-order valence-electron chi connectivity index (χ2n) is 9.04. The monoisotopic (exact) mass is 418 g/mol.